The molecule has 0 radical (unpaired) electrons. The number of methoxy groups -OCH3 is 1. The predicted molar refractivity (Wildman–Crippen MR) is 83.1 cm³/mol. The molecule has 1 aromatic carbocycles. The minimum absolute atomic E-state index is 0.0661. The quantitative estimate of drug-likeness (QED) is 0.884. The molecule has 5 nitrogen and oxygen atoms in total. The summed E-state index contributed by atoms with van der Waals surface area (Å²) in [6.07, 6.45) is 1.53. The summed E-state index contributed by atoms with van der Waals surface area (Å²) in [5, 5.41) is 3.84. The highest BCUT2D eigenvalue weighted by atomic mass is 35.5. The minimum Gasteiger partial charge on any atom is -0.496 e. The van der Waals surface area contributed by atoms with Crippen LogP contribution < -0.4 is 14.8 Å². The summed E-state index contributed by atoms with van der Waals surface area (Å²) in [6, 6.07) is 7.30. The van der Waals surface area contributed by atoms with Crippen LogP contribution in [0.1, 0.15) is 19.4 Å². The van der Waals surface area contributed by atoms with Gasteiger partial charge in [-0.15, -0.1) is 0 Å². The van der Waals surface area contributed by atoms with Crippen molar-refractivity contribution in [3.05, 3.63) is 41.2 Å². The molecular formula is C15H18ClN3O2. The molecule has 0 spiro atoms. The smallest absolute Gasteiger partial charge is 0.218 e. The first kappa shape index (κ1) is 15.4. The lowest BCUT2D eigenvalue weighted by Gasteiger charge is -2.13. The molecule has 0 fully saturated rings. The first-order valence-corrected chi connectivity index (χ1v) is 7.02. The van der Waals surface area contributed by atoms with Crippen molar-refractivity contribution in [2.24, 2.45) is 0 Å². The fourth-order valence-electron chi connectivity index (χ4n) is 1.82. The van der Waals surface area contributed by atoms with E-state index in [9.17, 15) is 0 Å². The standard InChI is InChI=1S/C15H18ClN3O2/c1-10(2)21-15-7-14(18-9-19-15)17-8-11-12(16)5-4-6-13(11)20-3/h4-7,9-10H,8H2,1-3H3,(H,17,18,19). The largest absolute Gasteiger partial charge is 0.496 e. The van der Waals surface area contributed by atoms with E-state index in [1.54, 1.807) is 13.2 Å². The highest BCUT2D eigenvalue weighted by Gasteiger charge is 2.08. The molecule has 0 saturated carbocycles. The highest BCUT2D eigenvalue weighted by molar-refractivity contribution is 6.31. The van der Waals surface area contributed by atoms with Gasteiger partial charge in [-0.3, -0.25) is 0 Å². The van der Waals surface area contributed by atoms with Crippen molar-refractivity contribution in [1.82, 2.24) is 9.97 Å². The number of hydrogen-bond donors (Lipinski definition) is 1. The lowest BCUT2D eigenvalue weighted by molar-refractivity contribution is 0.232. The van der Waals surface area contributed by atoms with Crippen LogP contribution in [0.5, 0.6) is 11.6 Å². The summed E-state index contributed by atoms with van der Waals surface area (Å²) >= 11 is 6.20. The molecular weight excluding hydrogens is 290 g/mol. The number of nitrogens with one attached hydrogen (secondary N) is 1. The third kappa shape index (κ3) is 4.23. The maximum Gasteiger partial charge on any atom is 0.218 e. The lowest BCUT2D eigenvalue weighted by Crippen LogP contribution is -2.08. The number of hydrogen-bond acceptors (Lipinski definition) is 5. The fourth-order valence-corrected chi connectivity index (χ4v) is 2.06. The molecule has 21 heavy (non-hydrogen) atoms. The average molecular weight is 308 g/mol. The molecule has 1 N–H and O–H groups in total. The molecule has 112 valence electrons. The van der Waals surface area contributed by atoms with Crippen LogP contribution in [0, 0.1) is 0 Å². The van der Waals surface area contributed by atoms with Gasteiger partial charge in [0.05, 0.1) is 13.2 Å². The fraction of sp³-hybridized carbons (Fsp3) is 0.333. The van der Waals surface area contributed by atoms with Crippen LogP contribution in [0.15, 0.2) is 30.6 Å². The second kappa shape index (κ2) is 7.13. The Morgan fingerprint density at radius 3 is 2.81 bits per heavy atom. The third-order valence-electron chi connectivity index (χ3n) is 2.74. The number of nitrogens with zero attached hydrogens (tertiary/aromatic N) is 2. The molecule has 1 aromatic heterocycles. The van der Waals surface area contributed by atoms with E-state index in [-0.39, 0.29) is 6.10 Å². The molecule has 6 heteroatoms. The Hall–Kier alpha value is -2.01. The van der Waals surface area contributed by atoms with Gasteiger partial charge in [0, 0.05) is 23.2 Å². The molecule has 1 heterocycles. The summed E-state index contributed by atoms with van der Waals surface area (Å²) in [6.45, 7) is 4.40. The van der Waals surface area contributed by atoms with Crippen LogP contribution >= 0.6 is 11.6 Å². The second-order valence-electron chi connectivity index (χ2n) is 4.68. The molecule has 0 unspecified atom stereocenters. The van der Waals surface area contributed by atoms with Crippen molar-refractivity contribution in [1.29, 1.82) is 0 Å². The van der Waals surface area contributed by atoms with Crippen LogP contribution in [0.2, 0.25) is 5.02 Å². The van der Waals surface area contributed by atoms with Crippen LogP contribution in [-0.4, -0.2) is 23.2 Å². The number of halogens is 1. The van der Waals surface area contributed by atoms with Crippen LogP contribution in [0.3, 0.4) is 0 Å². The zero-order chi connectivity index (χ0) is 15.2. The Bertz CT molecular complexity index is 605. The lowest BCUT2D eigenvalue weighted by atomic mass is 10.2. The normalized spacial score (nSPS) is 10.5. The Morgan fingerprint density at radius 2 is 2.10 bits per heavy atom. The zero-order valence-corrected chi connectivity index (χ0v) is 13.0. The molecule has 0 aliphatic rings. The van der Waals surface area contributed by atoms with E-state index in [4.69, 9.17) is 21.1 Å². The number of aromatic nitrogens is 2. The molecule has 0 aliphatic heterocycles. The monoisotopic (exact) mass is 307 g/mol. The topological polar surface area (TPSA) is 56.3 Å². The maximum atomic E-state index is 6.20. The van der Waals surface area contributed by atoms with Crippen molar-refractivity contribution in [3.63, 3.8) is 0 Å². The summed E-state index contributed by atoms with van der Waals surface area (Å²) in [4.78, 5) is 8.22. The summed E-state index contributed by atoms with van der Waals surface area (Å²) < 4.78 is 10.8. The molecule has 0 bridgehead atoms. The molecule has 2 rings (SSSR count). The van der Waals surface area contributed by atoms with Gasteiger partial charge in [0.1, 0.15) is 17.9 Å². The molecule has 0 atom stereocenters. The maximum absolute atomic E-state index is 6.20. The van der Waals surface area contributed by atoms with E-state index in [0.717, 1.165) is 11.3 Å². The van der Waals surface area contributed by atoms with Gasteiger partial charge >= 0.3 is 0 Å². The number of ether oxygens (including phenoxy) is 2. The van der Waals surface area contributed by atoms with Gasteiger partial charge in [-0.05, 0) is 26.0 Å². The van der Waals surface area contributed by atoms with Gasteiger partial charge in [0.25, 0.3) is 0 Å². The van der Waals surface area contributed by atoms with E-state index in [1.165, 1.54) is 6.33 Å². The van der Waals surface area contributed by atoms with Crippen LogP contribution in [0.25, 0.3) is 0 Å². The van der Waals surface area contributed by atoms with E-state index in [2.05, 4.69) is 15.3 Å². The van der Waals surface area contributed by atoms with Gasteiger partial charge in [0.15, 0.2) is 0 Å². The minimum atomic E-state index is 0.0661. The third-order valence-corrected chi connectivity index (χ3v) is 3.09. The second-order valence-corrected chi connectivity index (χ2v) is 5.09. The molecule has 2 aromatic rings. The van der Waals surface area contributed by atoms with E-state index >= 15 is 0 Å². The summed E-state index contributed by atoms with van der Waals surface area (Å²) in [5.74, 6) is 1.94. The number of anilines is 1. The molecule has 0 amide bonds. The summed E-state index contributed by atoms with van der Waals surface area (Å²) in [7, 11) is 1.62. The SMILES string of the molecule is COc1cccc(Cl)c1CNc1cc(OC(C)C)ncn1. The van der Waals surface area contributed by atoms with Crippen LogP contribution in [0.4, 0.5) is 5.82 Å². The van der Waals surface area contributed by atoms with Gasteiger partial charge in [-0.1, -0.05) is 17.7 Å². The Labute approximate surface area is 129 Å². The summed E-state index contributed by atoms with van der Waals surface area (Å²) in [5.41, 5.74) is 0.881. The average Bonchev–Trinajstić information content (AvgIpc) is 2.45. The van der Waals surface area contributed by atoms with Gasteiger partial charge < -0.3 is 14.8 Å². The van der Waals surface area contributed by atoms with Crippen molar-refractivity contribution in [2.75, 3.05) is 12.4 Å². The van der Waals surface area contributed by atoms with Gasteiger partial charge in [-0.2, -0.15) is 0 Å². The van der Waals surface area contributed by atoms with E-state index in [0.29, 0.717) is 23.3 Å². The van der Waals surface area contributed by atoms with E-state index in [1.807, 2.05) is 32.0 Å². The molecule has 0 saturated heterocycles. The number of rotatable bonds is 6. The highest BCUT2D eigenvalue weighted by Crippen LogP contribution is 2.27. The van der Waals surface area contributed by atoms with Crippen molar-refractivity contribution >= 4 is 17.4 Å². The van der Waals surface area contributed by atoms with Gasteiger partial charge in [-0.25, -0.2) is 9.97 Å². The predicted octanol–water partition coefficient (Wildman–Crippen LogP) is 3.54. The van der Waals surface area contributed by atoms with Crippen molar-refractivity contribution < 1.29 is 9.47 Å². The van der Waals surface area contributed by atoms with Crippen molar-refractivity contribution in [2.45, 2.75) is 26.5 Å². The Balaban J connectivity index is 2.10. The Kier molecular flexibility index (Phi) is 5.22. The first-order valence-electron chi connectivity index (χ1n) is 6.64. The zero-order valence-electron chi connectivity index (χ0n) is 12.3. The van der Waals surface area contributed by atoms with Crippen molar-refractivity contribution in [3.8, 4) is 11.6 Å². The number of benzene rings is 1. The molecule has 0 aliphatic carbocycles. The van der Waals surface area contributed by atoms with Crippen LogP contribution in [-0.2, 0) is 6.54 Å². The Morgan fingerprint density at radius 1 is 1.29 bits per heavy atom. The first-order chi connectivity index (χ1) is 10.1. The van der Waals surface area contributed by atoms with Gasteiger partial charge in [0.2, 0.25) is 5.88 Å². The van der Waals surface area contributed by atoms with E-state index < -0.39 is 0 Å².